The molecule has 1 aliphatic rings. The van der Waals surface area contributed by atoms with Gasteiger partial charge in [-0.2, -0.15) is 0 Å². The van der Waals surface area contributed by atoms with Gasteiger partial charge in [0.05, 0.1) is 0 Å². The Morgan fingerprint density at radius 3 is 2.62 bits per heavy atom. The van der Waals surface area contributed by atoms with Crippen LogP contribution < -0.4 is 5.32 Å². The SMILES string of the molecule is CC(CCc1ccccc1)Nc1cccc2c1CCCC2. The number of rotatable bonds is 5. The molecule has 0 radical (unpaired) electrons. The fraction of sp³-hybridized carbons (Fsp3) is 0.400. The summed E-state index contributed by atoms with van der Waals surface area (Å²) >= 11 is 0. The summed E-state index contributed by atoms with van der Waals surface area (Å²) in [7, 11) is 0. The summed E-state index contributed by atoms with van der Waals surface area (Å²) in [5, 5.41) is 3.74. The minimum absolute atomic E-state index is 0.513. The van der Waals surface area contributed by atoms with E-state index < -0.39 is 0 Å². The van der Waals surface area contributed by atoms with Gasteiger partial charge in [0.15, 0.2) is 0 Å². The Morgan fingerprint density at radius 2 is 1.76 bits per heavy atom. The van der Waals surface area contributed by atoms with Crippen molar-refractivity contribution < 1.29 is 0 Å². The van der Waals surface area contributed by atoms with Crippen molar-refractivity contribution in [3.05, 3.63) is 65.2 Å². The minimum atomic E-state index is 0.513. The van der Waals surface area contributed by atoms with Crippen molar-refractivity contribution in [1.82, 2.24) is 0 Å². The van der Waals surface area contributed by atoms with Crippen LogP contribution in [0.3, 0.4) is 0 Å². The van der Waals surface area contributed by atoms with E-state index in [2.05, 4.69) is 60.8 Å². The summed E-state index contributed by atoms with van der Waals surface area (Å²) < 4.78 is 0. The van der Waals surface area contributed by atoms with Gasteiger partial charge in [-0.3, -0.25) is 0 Å². The van der Waals surface area contributed by atoms with Gasteiger partial charge in [-0.15, -0.1) is 0 Å². The number of hydrogen-bond donors (Lipinski definition) is 1. The molecule has 0 saturated carbocycles. The average Bonchev–Trinajstić information content (AvgIpc) is 2.54. The van der Waals surface area contributed by atoms with E-state index in [0.29, 0.717) is 6.04 Å². The predicted molar refractivity (Wildman–Crippen MR) is 90.9 cm³/mol. The zero-order valence-corrected chi connectivity index (χ0v) is 12.9. The highest BCUT2D eigenvalue weighted by atomic mass is 14.9. The second-order valence-electron chi connectivity index (χ2n) is 6.22. The van der Waals surface area contributed by atoms with Gasteiger partial charge >= 0.3 is 0 Å². The van der Waals surface area contributed by atoms with Gasteiger partial charge in [0.1, 0.15) is 0 Å². The molecule has 0 heterocycles. The van der Waals surface area contributed by atoms with Crippen LogP contribution in [0.1, 0.15) is 42.9 Å². The summed E-state index contributed by atoms with van der Waals surface area (Å²) in [6.07, 6.45) is 7.50. The van der Waals surface area contributed by atoms with Crippen LogP contribution in [0.4, 0.5) is 5.69 Å². The maximum absolute atomic E-state index is 3.74. The molecule has 0 aliphatic heterocycles. The molecular formula is C20H25N. The molecule has 0 amide bonds. The number of nitrogens with one attached hydrogen (secondary N) is 1. The Balaban J connectivity index is 1.61. The van der Waals surface area contributed by atoms with Crippen molar-refractivity contribution in [2.24, 2.45) is 0 Å². The molecule has 1 N–H and O–H groups in total. The molecule has 1 unspecified atom stereocenters. The van der Waals surface area contributed by atoms with E-state index in [1.165, 1.54) is 43.4 Å². The molecule has 0 bridgehead atoms. The highest BCUT2D eigenvalue weighted by Crippen LogP contribution is 2.28. The van der Waals surface area contributed by atoms with Crippen molar-refractivity contribution in [2.45, 2.75) is 51.5 Å². The highest BCUT2D eigenvalue weighted by molar-refractivity contribution is 5.56. The number of anilines is 1. The van der Waals surface area contributed by atoms with Crippen LogP contribution in [0.25, 0.3) is 0 Å². The highest BCUT2D eigenvalue weighted by Gasteiger charge is 2.13. The van der Waals surface area contributed by atoms with Gasteiger partial charge in [-0.05, 0) is 68.2 Å². The Hall–Kier alpha value is -1.76. The maximum atomic E-state index is 3.74. The van der Waals surface area contributed by atoms with Gasteiger partial charge in [-0.25, -0.2) is 0 Å². The lowest BCUT2D eigenvalue weighted by molar-refractivity contribution is 0.676. The number of hydrogen-bond acceptors (Lipinski definition) is 1. The lowest BCUT2D eigenvalue weighted by Gasteiger charge is -2.23. The fourth-order valence-corrected chi connectivity index (χ4v) is 3.28. The second kappa shape index (κ2) is 6.80. The van der Waals surface area contributed by atoms with E-state index in [1.54, 1.807) is 11.1 Å². The first-order valence-electron chi connectivity index (χ1n) is 8.24. The molecule has 2 aromatic carbocycles. The molecule has 21 heavy (non-hydrogen) atoms. The smallest absolute Gasteiger partial charge is 0.0377 e. The quantitative estimate of drug-likeness (QED) is 0.812. The fourth-order valence-electron chi connectivity index (χ4n) is 3.28. The van der Waals surface area contributed by atoms with Crippen LogP contribution in [-0.4, -0.2) is 6.04 Å². The van der Waals surface area contributed by atoms with E-state index in [9.17, 15) is 0 Å². The molecule has 1 nitrogen and oxygen atoms in total. The minimum Gasteiger partial charge on any atom is -0.382 e. The summed E-state index contributed by atoms with van der Waals surface area (Å²) in [6, 6.07) is 18.0. The monoisotopic (exact) mass is 279 g/mol. The lowest BCUT2D eigenvalue weighted by atomic mass is 9.90. The van der Waals surface area contributed by atoms with Crippen molar-refractivity contribution in [1.29, 1.82) is 0 Å². The molecule has 110 valence electrons. The molecule has 1 aliphatic carbocycles. The molecule has 0 spiro atoms. The van der Waals surface area contributed by atoms with E-state index in [1.807, 2.05) is 0 Å². The van der Waals surface area contributed by atoms with Crippen LogP contribution in [-0.2, 0) is 19.3 Å². The Kier molecular flexibility index (Phi) is 4.59. The summed E-state index contributed by atoms with van der Waals surface area (Å²) in [5.41, 5.74) is 5.92. The van der Waals surface area contributed by atoms with E-state index in [0.717, 1.165) is 6.42 Å². The molecule has 0 aromatic heterocycles. The van der Waals surface area contributed by atoms with Crippen molar-refractivity contribution >= 4 is 5.69 Å². The second-order valence-corrected chi connectivity index (χ2v) is 6.22. The first-order valence-corrected chi connectivity index (χ1v) is 8.24. The van der Waals surface area contributed by atoms with Crippen molar-refractivity contribution in [3.63, 3.8) is 0 Å². The first-order chi connectivity index (χ1) is 10.3. The van der Waals surface area contributed by atoms with Gasteiger partial charge in [0, 0.05) is 11.7 Å². The normalized spacial score (nSPS) is 15.3. The third-order valence-corrected chi connectivity index (χ3v) is 4.51. The lowest BCUT2D eigenvalue weighted by Crippen LogP contribution is -2.18. The van der Waals surface area contributed by atoms with Gasteiger partial charge in [0.25, 0.3) is 0 Å². The summed E-state index contributed by atoms with van der Waals surface area (Å²) in [4.78, 5) is 0. The molecule has 2 aromatic rings. The van der Waals surface area contributed by atoms with Crippen molar-refractivity contribution in [3.8, 4) is 0 Å². The molecular weight excluding hydrogens is 254 g/mol. The molecule has 0 fully saturated rings. The molecule has 0 saturated heterocycles. The van der Waals surface area contributed by atoms with Crippen LogP contribution >= 0.6 is 0 Å². The Bertz CT molecular complexity index is 574. The number of fused-ring (bicyclic) bond motifs is 1. The third kappa shape index (κ3) is 3.66. The largest absolute Gasteiger partial charge is 0.382 e. The van der Waals surface area contributed by atoms with Gasteiger partial charge < -0.3 is 5.32 Å². The van der Waals surface area contributed by atoms with Crippen LogP contribution in [0.5, 0.6) is 0 Å². The standard InChI is InChI=1S/C20H25N/c1-16(14-15-17-8-3-2-4-9-17)21-20-13-7-11-18-10-5-6-12-19(18)20/h2-4,7-9,11,13,16,21H,5-6,10,12,14-15H2,1H3. The van der Waals surface area contributed by atoms with Crippen LogP contribution in [0.15, 0.2) is 48.5 Å². The zero-order chi connectivity index (χ0) is 14.5. The average molecular weight is 279 g/mol. The molecule has 1 atom stereocenters. The molecule has 1 heteroatoms. The Morgan fingerprint density at radius 1 is 0.952 bits per heavy atom. The number of aryl methyl sites for hydroxylation is 2. The van der Waals surface area contributed by atoms with E-state index in [-0.39, 0.29) is 0 Å². The van der Waals surface area contributed by atoms with E-state index in [4.69, 9.17) is 0 Å². The molecule has 3 rings (SSSR count). The van der Waals surface area contributed by atoms with Crippen LogP contribution in [0.2, 0.25) is 0 Å². The predicted octanol–water partition coefficient (Wildman–Crippen LogP) is 5.00. The maximum Gasteiger partial charge on any atom is 0.0377 e. The summed E-state index contributed by atoms with van der Waals surface area (Å²) in [6.45, 7) is 2.30. The summed E-state index contributed by atoms with van der Waals surface area (Å²) in [5.74, 6) is 0. The zero-order valence-electron chi connectivity index (χ0n) is 12.9. The van der Waals surface area contributed by atoms with Crippen molar-refractivity contribution in [2.75, 3.05) is 5.32 Å². The Labute approximate surface area is 128 Å². The first kappa shape index (κ1) is 14.2. The van der Waals surface area contributed by atoms with Gasteiger partial charge in [-0.1, -0.05) is 42.5 Å². The number of benzene rings is 2. The van der Waals surface area contributed by atoms with Crippen LogP contribution in [0, 0.1) is 0 Å². The van der Waals surface area contributed by atoms with E-state index >= 15 is 0 Å². The van der Waals surface area contributed by atoms with Gasteiger partial charge in [0.2, 0.25) is 0 Å². The third-order valence-electron chi connectivity index (χ3n) is 4.51. The topological polar surface area (TPSA) is 12.0 Å².